The quantitative estimate of drug-likeness (QED) is 0.389. The summed E-state index contributed by atoms with van der Waals surface area (Å²) in [4.78, 5) is 9.19. The van der Waals surface area contributed by atoms with Crippen molar-refractivity contribution in [2.75, 3.05) is 5.32 Å². The predicted molar refractivity (Wildman–Crippen MR) is 120 cm³/mol. The number of nitrogens with one attached hydrogen (secondary N) is 2. The summed E-state index contributed by atoms with van der Waals surface area (Å²) in [6, 6.07) is 3.61. The Morgan fingerprint density at radius 3 is 2.97 bits per heavy atom. The predicted octanol–water partition coefficient (Wildman–Crippen LogP) is 4.37. The summed E-state index contributed by atoms with van der Waals surface area (Å²) in [6.45, 7) is 5.71. The zero-order valence-corrected chi connectivity index (χ0v) is 18.8. The standard InChI is InChI=1S/C22H20BrF2N7/c1-3-8-22(24,25)15-12-28-32(13-15)20-18(23)7-6-16(30-20)11-17-14(2)29-21-27-9-4-5-10-31(21)19(17)26/h3,5-7,9,12-13,26H,1,8,10-11H2,2H3,(H,27,29). The number of nitrogens with zero attached hydrogens (tertiary/aromatic N) is 5. The molecule has 2 N–H and O–H groups in total. The van der Waals surface area contributed by atoms with Crippen molar-refractivity contribution in [1.82, 2.24) is 24.3 Å². The van der Waals surface area contributed by atoms with Crippen LogP contribution in [0, 0.1) is 12.3 Å². The Labute approximate surface area is 191 Å². The van der Waals surface area contributed by atoms with Crippen LogP contribution < -0.4 is 10.8 Å². The van der Waals surface area contributed by atoms with Gasteiger partial charge >= 0.3 is 0 Å². The van der Waals surface area contributed by atoms with Gasteiger partial charge in [-0.2, -0.15) is 5.10 Å². The maximum absolute atomic E-state index is 14.2. The summed E-state index contributed by atoms with van der Waals surface area (Å²) in [5.41, 5.74) is 5.18. The van der Waals surface area contributed by atoms with Crippen LogP contribution in [-0.2, 0) is 18.9 Å². The Bertz CT molecular complexity index is 1320. The van der Waals surface area contributed by atoms with Crippen molar-refractivity contribution in [1.29, 1.82) is 5.41 Å². The lowest BCUT2D eigenvalue weighted by Gasteiger charge is -2.15. The lowest BCUT2D eigenvalue weighted by Crippen LogP contribution is -2.28. The lowest BCUT2D eigenvalue weighted by atomic mass is 10.1. The molecule has 3 aromatic rings. The Morgan fingerprint density at radius 2 is 2.19 bits per heavy atom. The fourth-order valence-electron chi connectivity index (χ4n) is 3.37. The Morgan fingerprint density at radius 1 is 1.38 bits per heavy atom. The number of hydrogen-bond donors (Lipinski definition) is 2. The van der Waals surface area contributed by atoms with E-state index >= 15 is 0 Å². The second-order valence-electron chi connectivity index (χ2n) is 7.27. The highest BCUT2D eigenvalue weighted by Crippen LogP contribution is 2.32. The summed E-state index contributed by atoms with van der Waals surface area (Å²) < 4.78 is 32.1. The van der Waals surface area contributed by atoms with Gasteiger partial charge in [0.25, 0.3) is 5.92 Å². The number of rotatable bonds is 6. The van der Waals surface area contributed by atoms with Gasteiger partial charge < -0.3 is 5.32 Å². The average molecular weight is 500 g/mol. The highest BCUT2D eigenvalue weighted by Gasteiger charge is 2.31. The molecule has 0 fully saturated rings. The first-order chi connectivity index (χ1) is 15.3. The first-order valence-electron chi connectivity index (χ1n) is 9.80. The first kappa shape index (κ1) is 21.9. The maximum Gasteiger partial charge on any atom is 0.279 e. The van der Waals surface area contributed by atoms with E-state index < -0.39 is 12.3 Å². The largest absolute Gasteiger partial charge is 0.325 e. The molecule has 1 aliphatic rings. The van der Waals surface area contributed by atoms with E-state index in [1.54, 1.807) is 16.8 Å². The molecule has 4 heterocycles. The molecule has 10 heteroatoms. The molecule has 7 nitrogen and oxygen atoms in total. The Kier molecular flexibility index (Phi) is 5.90. The Hall–Kier alpha value is -3.36. The van der Waals surface area contributed by atoms with E-state index in [4.69, 9.17) is 5.41 Å². The monoisotopic (exact) mass is 499 g/mol. The number of allylic oxidation sites excluding steroid dienone is 2. The minimum atomic E-state index is -3.05. The molecule has 0 atom stereocenters. The highest BCUT2D eigenvalue weighted by atomic mass is 79.9. The molecule has 0 saturated heterocycles. The van der Waals surface area contributed by atoms with E-state index in [1.165, 1.54) is 17.0 Å². The summed E-state index contributed by atoms with van der Waals surface area (Å²) in [6.07, 6.45) is 6.95. The lowest BCUT2D eigenvalue weighted by molar-refractivity contribution is -0.000881. The molecular formula is C22H20BrF2N7. The van der Waals surface area contributed by atoms with Gasteiger partial charge in [-0.05, 0) is 41.1 Å². The molecule has 164 valence electrons. The molecule has 32 heavy (non-hydrogen) atoms. The molecule has 4 rings (SSSR count). The topological polar surface area (TPSA) is 84.4 Å². The van der Waals surface area contributed by atoms with Gasteiger partial charge in [0, 0.05) is 42.2 Å². The third kappa shape index (κ3) is 4.19. The van der Waals surface area contributed by atoms with E-state index in [2.05, 4.69) is 48.6 Å². The van der Waals surface area contributed by atoms with Gasteiger partial charge in [0.15, 0.2) is 5.82 Å². The number of anilines is 1. The van der Waals surface area contributed by atoms with Gasteiger partial charge in [-0.3, -0.25) is 9.98 Å². The smallest absolute Gasteiger partial charge is 0.279 e. The van der Waals surface area contributed by atoms with Crippen LogP contribution in [0.25, 0.3) is 5.82 Å². The summed E-state index contributed by atoms with van der Waals surface area (Å²) in [7, 11) is 0. The molecule has 0 amide bonds. The second-order valence-corrected chi connectivity index (χ2v) is 8.13. The average Bonchev–Trinajstić information content (AvgIpc) is 3.13. The number of pyridine rings is 1. The third-order valence-corrected chi connectivity index (χ3v) is 5.68. The van der Waals surface area contributed by atoms with Crippen LogP contribution >= 0.6 is 15.9 Å². The number of halogens is 3. The van der Waals surface area contributed by atoms with E-state index in [-0.39, 0.29) is 5.56 Å². The summed E-state index contributed by atoms with van der Waals surface area (Å²) >= 11 is 3.43. The fraction of sp³-hybridized carbons (Fsp3) is 0.227. The summed E-state index contributed by atoms with van der Waals surface area (Å²) in [5, 5.41) is 15.8. The van der Waals surface area contributed by atoms with Crippen LogP contribution in [-0.4, -0.2) is 24.3 Å². The van der Waals surface area contributed by atoms with Crippen molar-refractivity contribution >= 4 is 21.9 Å². The molecular weight excluding hydrogens is 480 g/mol. The number of aromatic nitrogens is 5. The zero-order chi connectivity index (χ0) is 22.9. The van der Waals surface area contributed by atoms with Crippen molar-refractivity contribution in [2.24, 2.45) is 0 Å². The number of aryl methyl sites for hydroxylation is 1. The van der Waals surface area contributed by atoms with Crippen LogP contribution in [0.2, 0.25) is 0 Å². The number of alkyl halides is 2. The van der Waals surface area contributed by atoms with Crippen LogP contribution in [0.1, 0.15) is 28.9 Å². The fourth-order valence-corrected chi connectivity index (χ4v) is 3.78. The van der Waals surface area contributed by atoms with E-state index in [9.17, 15) is 8.78 Å². The zero-order valence-electron chi connectivity index (χ0n) is 17.2. The molecule has 1 aliphatic heterocycles. The minimum Gasteiger partial charge on any atom is -0.325 e. The molecule has 3 aromatic heterocycles. The van der Waals surface area contributed by atoms with Gasteiger partial charge in [-0.15, -0.1) is 12.3 Å². The van der Waals surface area contributed by atoms with E-state index in [1.807, 2.05) is 19.1 Å². The number of hydrogen-bond acceptors (Lipinski definition) is 5. The molecule has 0 unspecified atom stereocenters. The van der Waals surface area contributed by atoms with Crippen molar-refractivity contribution < 1.29 is 8.78 Å². The molecule has 0 saturated carbocycles. The van der Waals surface area contributed by atoms with Gasteiger partial charge in [-0.25, -0.2) is 23.4 Å². The normalized spacial score (nSPS) is 12.9. The highest BCUT2D eigenvalue weighted by molar-refractivity contribution is 9.10. The summed E-state index contributed by atoms with van der Waals surface area (Å²) in [5.74, 6) is -2.09. The molecule has 0 aliphatic carbocycles. The van der Waals surface area contributed by atoms with Gasteiger partial charge in [0.05, 0.1) is 22.8 Å². The van der Waals surface area contributed by atoms with Crippen molar-refractivity contribution in [3.05, 3.63) is 87.7 Å². The van der Waals surface area contributed by atoms with E-state index in [0.29, 0.717) is 46.1 Å². The van der Waals surface area contributed by atoms with Crippen LogP contribution in [0.5, 0.6) is 0 Å². The van der Waals surface area contributed by atoms with Gasteiger partial charge in [0.1, 0.15) is 5.49 Å². The van der Waals surface area contributed by atoms with E-state index in [0.717, 1.165) is 11.8 Å². The molecule has 0 radical (unpaired) electrons. The molecule has 0 aromatic carbocycles. The maximum atomic E-state index is 14.2. The van der Waals surface area contributed by atoms with Crippen molar-refractivity contribution in [3.63, 3.8) is 0 Å². The molecule has 0 bridgehead atoms. The van der Waals surface area contributed by atoms with Crippen molar-refractivity contribution in [3.8, 4) is 5.82 Å². The second kappa shape index (κ2) is 8.64. The number of fused-ring (bicyclic) bond motifs is 1. The SMILES string of the molecule is C=CCC(F)(F)c1cnn(-c2nc(Cc3c(C)nc4n(c3=N)CC=C=CN4)ccc2Br)c1. The molecule has 0 spiro atoms. The van der Waals surface area contributed by atoms with Crippen LogP contribution in [0.3, 0.4) is 0 Å². The van der Waals surface area contributed by atoms with Gasteiger partial charge in [0.2, 0.25) is 5.95 Å². The van der Waals surface area contributed by atoms with Crippen LogP contribution in [0.15, 0.2) is 59.7 Å². The van der Waals surface area contributed by atoms with Gasteiger partial charge in [-0.1, -0.05) is 6.08 Å². The van der Waals surface area contributed by atoms with Crippen LogP contribution in [0.4, 0.5) is 14.7 Å². The first-order valence-corrected chi connectivity index (χ1v) is 10.6. The third-order valence-electron chi connectivity index (χ3n) is 5.06. The van der Waals surface area contributed by atoms with Crippen molar-refractivity contribution in [2.45, 2.75) is 32.2 Å². The minimum absolute atomic E-state index is 0.207. The Balaban J connectivity index is 1.69.